The molecule has 2 bridgehead atoms. The number of benzene rings is 2. The first-order valence-corrected chi connectivity index (χ1v) is 13.2. The van der Waals surface area contributed by atoms with Crippen LogP contribution in [0, 0.1) is 5.92 Å². The van der Waals surface area contributed by atoms with Crippen molar-refractivity contribution in [1.29, 1.82) is 0 Å². The number of piperidine rings is 1. The zero-order valence-corrected chi connectivity index (χ0v) is 20.3. The van der Waals surface area contributed by atoms with Gasteiger partial charge in [-0.15, -0.1) is 0 Å². The molecule has 2 aromatic carbocycles. The molecule has 184 valence electrons. The van der Waals surface area contributed by atoms with E-state index in [2.05, 4.69) is 4.90 Å². The van der Waals surface area contributed by atoms with E-state index in [9.17, 15) is 15.0 Å². The Balaban J connectivity index is 1.28. The molecule has 0 aromatic heterocycles. The molecule has 2 N–H and O–H groups in total. The summed E-state index contributed by atoms with van der Waals surface area (Å²) in [6.07, 6.45) is 5.49. The van der Waals surface area contributed by atoms with Gasteiger partial charge in [-0.2, -0.15) is 0 Å². The SMILES string of the molecule is CN(C(=O)Cc1ccccc1)[C@@H]1CC[C@@]2(O)[C@H]3Cc4ccc(O)c5c4[C@@]2(CCN3CC2CC2)[C@H]1O5. The van der Waals surface area contributed by atoms with E-state index < -0.39 is 11.0 Å². The molecule has 7 rings (SSSR count). The van der Waals surface area contributed by atoms with Crippen LogP contribution in [0.25, 0.3) is 0 Å². The minimum absolute atomic E-state index is 0.0530. The first kappa shape index (κ1) is 21.7. The van der Waals surface area contributed by atoms with Crippen LogP contribution in [0.5, 0.6) is 11.5 Å². The van der Waals surface area contributed by atoms with Crippen molar-refractivity contribution < 1.29 is 19.7 Å². The largest absolute Gasteiger partial charge is 0.504 e. The Bertz CT molecular complexity index is 1180. The van der Waals surface area contributed by atoms with Crippen LogP contribution in [0.3, 0.4) is 0 Å². The fourth-order valence-electron chi connectivity index (χ4n) is 7.93. The summed E-state index contributed by atoms with van der Waals surface area (Å²) in [5.41, 5.74) is 1.69. The van der Waals surface area contributed by atoms with Crippen LogP contribution >= 0.6 is 0 Å². The van der Waals surface area contributed by atoms with E-state index in [1.807, 2.05) is 48.3 Å². The molecule has 2 aliphatic heterocycles. The van der Waals surface area contributed by atoms with Crippen LogP contribution < -0.4 is 4.74 Å². The number of likely N-dealkylation sites (N-methyl/N-ethyl adjacent to an activating group) is 1. The number of rotatable bonds is 5. The van der Waals surface area contributed by atoms with Crippen LogP contribution in [-0.4, -0.2) is 69.8 Å². The van der Waals surface area contributed by atoms with Crippen molar-refractivity contribution in [1.82, 2.24) is 9.80 Å². The highest BCUT2D eigenvalue weighted by Gasteiger charge is 2.73. The van der Waals surface area contributed by atoms with Crippen molar-refractivity contribution in [2.45, 2.75) is 74.1 Å². The molecule has 1 amide bonds. The molecular formula is C29H34N2O4. The van der Waals surface area contributed by atoms with Crippen LogP contribution in [0.4, 0.5) is 0 Å². The van der Waals surface area contributed by atoms with Crippen molar-refractivity contribution in [3.8, 4) is 11.5 Å². The number of amides is 1. The number of hydrogen-bond donors (Lipinski definition) is 2. The fraction of sp³-hybridized carbons (Fsp3) is 0.552. The number of aromatic hydroxyl groups is 1. The van der Waals surface area contributed by atoms with Gasteiger partial charge in [-0.3, -0.25) is 9.69 Å². The molecule has 5 atom stereocenters. The number of phenolic OH excluding ortho intramolecular Hbond substituents is 1. The Morgan fingerprint density at radius 2 is 1.94 bits per heavy atom. The second-order valence-electron chi connectivity index (χ2n) is 11.6. The summed E-state index contributed by atoms with van der Waals surface area (Å²) in [7, 11) is 1.88. The van der Waals surface area contributed by atoms with Crippen LogP contribution in [0.15, 0.2) is 42.5 Å². The van der Waals surface area contributed by atoms with Gasteiger partial charge in [0, 0.05) is 25.2 Å². The third-order valence-electron chi connectivity index (χ3n) is 9.82. The first-order chi connectivity index (χ1) is 16.9. The number of aliphatic hydroxyl groups is 1. The van der Waals surface area contributed by atoms with Crippen LogP contribution in [-0.2, 0) is 23.1 Å². The van der Waals surface area contributed by atoms with Gasteiger partial charge < -0.3 is 19.8 Å². The number of nitrogens with zero attached hydrogens (tertiary/aromatic N) is 2. The predicted octanol–water partition coefficient (Wildman–Crippen LogP) is 3.03. The quantitative estimate of drug-likeness (QED) is 0.697. The Labute approximate surface area is 206 Å². The van der Waals surface area contributed by atoms with Crippen LogP contribution in [0.1, 0.15) is 48.8 Å². The number of likely N-dealkylation sites (tertiary alicyclic amines) is 1. The molecule has 3 fully saturated rings. The summed E-state index contributed by atoms with van der Waals surface area (Å²) >= 11 is 0. The monoisotopic (exact) mass is 474 g/mol. The van der Waals surface area contributed by atoms with Crippen molar-refractivity contribution in [2.24, 2.45) is 5.92 Å². The van der Waals surface area contributed by atoms with E-state index in [1.165, 1.54) is 18.4 Å². The Morgan fingerprint density at radius 3 is 2.71 bits per heavy atom. The van der Waals surface area contributed by atoms with Gasteiger partial charge >= 0.3 is 0 Å². The number of ether oxygens (including phenoxy) is 1. The summed E-state index contributed by atoms with van der Waals surface area (Å²) < 4.78 is 6.61. The molecule has 3 aliphatic carbocycles. The fourth-order valence-corrected chi connectivity index (χ4v) is 7.93. The Hall–Kier alpha value is -2.57. The molecule has 2 saturated carbocycles. The van der Waals surface area contributed by atoms with Gasteiger partial charge in [0.05, 0.1) is 23.5 Å². The normalized spacial score (nSPS) is 34.7. The molecule has 0 unspecified atom stereocenters. The van der Waals surface area contributed by atoms with Gasteiger partial charge in [-0.25, -0.2) is 0 Å². The molecule has 0 radical (unpaired) electrons. The summed E-state index contributed by atoms with van der Waals surface area (Å²) in [4.78, 5) is 17.8. The molecular weight excluding hydrogens is 440 g/mol. The molecule has 2 heterocycles. The highest BCUT2D eigenvalue weighted by molar-refractivity contribution is 5.79. The minimum Gasteiger partial charge on any atom is -0.504 e. The molecule has 5 aliphatic rings. The second-order valence-corrected chi connectivity index (χ2v) is 11.6. The summed E-state index contributed by atoms with van der Waals surface area (Å²) in [6, 6.07) is 13.5. The molecule has 1 spiro atoms. The lowest BCUT2D eigenvalue weighted by Crippen LogP contribution is -2.78. The Kier molecular flexibility index (Phi) is 4.63. The molecule has 6 heteroatoms. The minimum atomic E-state index is -0.920. The van der Waals surface area contributed by atoms with Crippen molar-refractivity contribution in [3.05, 3.63) is 59.2 Å². The molecule has 35 heavy (non-hydrogen) atoms. The molecule has 6 nitrogen and oxygen atoms in total. The maximum Gasteiger partial charge on any atom is 0.227 e. The van der Waals surface area contributed by atoms with Gasteiger partial charge in [0.25, 0.3) is 0 Å². The van der Waals surface area contributed by atoms with Gasteiger partial charge in [0.1, 0.15) is 6.10 Å². The highest BCUT2D eigenvalue weighted by Crippen LogP contribution is 2.66. The zero-order chi connectivity index (χ0) is 23.9. The van der Waals surface area contributed by atoms with Crippen LogP contribution in [0.2, 0.25) is 0 Å². The number of carbonyl (C=O) groups excluding carboxylic acids is 1. The number of phenols is 1. The van der Waals surface area contributed by atoms with E-state index >= 15 is 0 Å². The van der Waals surface area contributed by atoms with Gasteiger partial charge in [0.2, 0.25) is 5.91 Å². The summed E-state index contributed by atoms with van der Waals surface area (Å²) in [6.45, 7) is 1.99. The second kappa shape index (κ2) is 7.47. The maximum absolute atomic E-state index is 13.4. The van der Waals surface area contributed by atoms with E-state index in [4.69, 9.17) is 4.74 Å². The maximum atomic E-state index is 13.4. The standard InChI is InChI=1S/C29H34N2O4/c1-30(24(33)15-18-5-3-2-4-6-18)21-11-12-29(34)23-16-20-9-10-22(32)26-25(20)28(29,27(21)35-26)13-14-31(23)17-19-7-8-19/h2-6,9-10,19,21,23,27,32,34H,7-8,11-17H2,1H3/t21-,23-,27+,28+,29-/m1/s1. The van der Waals surface area contributed by atoms with Crippen molar-refractivity contribution >= 4 is 5.91 Å². The zero-order valence-electron chi connectivity index (χ0n) is 20.3. The van der Waals surface area contributed by atoms with Gasteiger partial charge in [-0.1, -0.05) is 36.4 Å². The predicted molar refractivity (Wildman–Crippen MR) is 131 cm³/mol. The van der Waals surface area contributed by atoms with E-state index in [0.29, 0.717) is 25.0 Å². The number of hydrogen-bond acceptors (Lipinski definition) is 5. The topological polar surface area (TPSA) is 73.2 Å². The molecule has 1 saturated heterocycles. The number of carbonyl (C=O) groups is 1. The lowest BCUT2D eigenvalue weighted by atomic mass is 9.48. The average Bonchev–Trinajstić information content (AvgIpc) is 3.60. The van der Waals surface area contributed by atoms with Gasteiger partial charge in [-0.05, 0) is 68.2 Å². The summed E-state index contributed by atoms with van der Waals surface area (Å²) in [5, 5.41) is 23.4. The van der Waals surface area contributed by atoms with E-state index in [0.717, 1.165) is 43.0 Å². The van der Waals surface area contributed by atoms with E-state index in [-0.39, 0.29) is 29.8 Å². The average molecular weight is 475 g/mol. The third-order valence-corrected chi connectivity index (χ3v) is 9.82. The van der Waals surface area contributed by atoms with Crippen molar-refractivity contribution in [2.75, 3.05) is 20.1 Å². The van der Waals surface area contributed by atoms with Gasteiger partial charge in [0.15, 0.2) is 11.5 Å². The highest BCUT2D eigenvalue weighted by atomic mass is 16.5. The smallest absolute Gasteiger partial charge is 0.227 e. The lowest BCUT2D eigenvalue weighted by Gasteiger charge is -2.64. The Morgan fingerprint density at radius 1 is 1.14 bits per heavy atom. The first-order valence-electron chi connectivity index (χ1n) is 13.2. The van der Waals surface area contributed by atoms with Crippen molar-refractivity contribution in [3.63, 3.8) is 0 Å². The lowest BCUT2D eigenvalue weighted by molar-refractivity contribution is -0.200. The third kappa shape index (κ3) is 2.93. The molecule has 2 aromatic rings. The van der Waals surface area contributed by atoms with E-state index in [1.54, 1.807) is 6.07 Å². The summed E-state index contributed by atoms with van der Waals surface area (Å²) in [5.74, 6) is 1.50.